The van der Waals surface area contributed by atoms with Gasteiger partial charge in [-0.05, 0) is 62.2 Å². The van der Waals surface area contributed by atoms with Gasteiger partial charge in [0.15, 0.2) is 6.29 Å². The Bertz CT molecular complexity index is 725. The molecule has 0 aromatic heterocycles. The fourth-order valence-electron chi connectivity index (χ4n) is 3.53. The van der Waals surface area contributed by atoms with Crippen LogP contribution in [0.1, 0.15) is 29.6 Å². The molecule has 5 nitrogen and oxygen atoms in total. The number of rotatable bonds is 10. The van der Waals surface area contributed by atoms with E-state index in [-0.39, 0.29) is 0 Å². The molecule has 0 atom stereocenters. The number of carbonyl (C=O) groups excluding carboxylic acids is 1. The average Bonchev–Trinajstić information content (AvgIpc) is 2.77. The molecule has 2 aromatic rings. The molecule has 28 heavy (non-hydrogen) atoms. The summed E-state index contributed by atoms with van der Waals surface area (Å²) < 4.78 is 11.0. The first-order valence-electron chi connectivity index (χ1n) is 10.1. The molecule has 0 spiro atoms. The number of unbranched alkanes of at least 4 members (excludes halogenated alkanes) is 2. The van der Waals surface area contributed by atoms with Gasteiger partial charge in [0.2, 0.25) is 0 Å². The van der Waals surface area contributed by atoms with Crippen LogP contribution in [0.15, 0.2) is 48.5 Å². The number of para-hydroxylation sites is 1. The van der Waals surface area contributed by atoms with Crippen molar-refractivity contribution in [2.24, 2.45) is 0 Å². The predicted molar refractivity (Wildman–Crippen MR) is 113 cm³/mol. The largest absolute Gasteiger partial charge is 0.497 e. The number of piperazine rings is 1. The normalized spacial score (nSPS) is 14.7. The predicted octanol–water partition coefficient (Wildman–Crippen LogP) is 3.88. The first-order chi connectivity index (χ1) is 13.8. The highest BCUT2D eigenvalue weighted by Gasteiger charge is 2.16. The van der Waals surface area contributed by atoms with E-state index in [0.29, 0.717) is 17.9 Å². The van der Waals surface area contributed by atoms with Crippen LogP contribution < -0.4 is 14.4 Å². The average molecular weight is 383 g/mol. The number of anilines is 1. The topological polar surface area (TPSA) is 42.0 Å². The molecule has 1 aliphatic rings. The van der Waals surface area contributed by atoms with E-state index in [1.54, 1.807) is 13.2 Å². The molecular weight excluding hydrogens is 352 g/mol. The van der Waals surface area contributed by atoms with Crippen molar-refractivity contribution in [1.82, 2.24) is 4.90 Å². The quantitative estimate of drug-likeness (QED) is 0.461. The Morgan fingerprint density at radius 2 is 1.68 bits per heavy atom. The van der Waals surface area contributed by atoms with E-state index < -0.39 is 0 Å². The summed E-state index contributed by atoms with van der Waals surface area (Å²) in [5.74, 6) is 1.59. The van der Waals surface area contributed by atoms with E-state index in [1.807, 2.05) is 30.3 Å². The van der Waals surface area contributed by atoms with Gasteiger partial charge in [0, 0.05) is 31.9 Å². The Morgan fingerprint density at radius 1 is 0.929 bits per heavy atom. The summed E-state index contributed by atoms with van der Waals surface area (Å²) >= 11 is 0. The van der Waals surface area contributed by atoms with Gasteiger partial charge in [0.1, 0.15) is 11.5 Å². The summed E-state index contributed by atoms with van der Waals surface area (Å²) in [6, 6.07) is 15.7. The number of aldehydes is 1. The summed E-state index contributed by atoms with van der Waals surface area (Å²) in [7, 11) is 1.70. The molecule has 1 fully saturated rings. The number of methoxy groups -OCH3 is 1. The second kappa shape index (κ2) is 10.7. The number of carbonyl (C=O) groups is 1. The fraction of sp³-hybridized carbons (Fsp3) is 0.435. The lowest BCUT2D eigenvalue weighted by atomic mass is 10.2. The van der Waals surface area contributed by atoms with E-state index in [4.69, 9.17) is 9.47 Å². The molecule has 3 rings (SSSR count). The first-order valence-corrected chi connectivity index (χ1v) is 10.1. The van der Waals surface area contributed by atoms with Crippen molar-refractivity contribution in [2.75, 3.05) is 51.3 Å². The summed E-state index contributed by atoms with van der Waals surface area (Å²) in [5, 5.41) is 0. The molecule has 0 saturated carbocycles. The van der Waals surface area contributed by atoms with E-state index in [9.17, 15) is 4.79 Å². The van der Waals surface area contributed by atoms with Crippen molar-refractivity contribution in [2.45, 2.75) is 19.3 Å². The monoisotopic (exact) mass is 382 g/mol. The third-order valence-electron chi connectivity index (χ3n) is 5.23. The highest BCUT2D eigenvalue weighted by Crippen LogP contribution is 2.21. The molecule has 0 N–H and O–H groups in total. The number of hydrogen-bond acceptors (Lipinski definition) is 5. The molecule has 150 valence electrons. The maximum atomic E-state index is 11.0. The van der Waals surface area contributed by atoms with Crippen molar-refractivity contribution >= 4 is 12.0 Å². The number of benzene rings is 2. The Labute approximate surface area is 167 Å². The highest BCUT2D eigenvalue weighted by molar-refractivity contribution is 5.79. The summed E-state index contributed by atoms with van der Waals surface area (Å²) in [6.07, 6.45) is 4.18. The van der Waals surface area contributed by atoms with Gasteiger partial charge in [0.25, 0.3) is 0 Å². The number of ether oxygens (including phenoxy) is 2. The zero-order chi connectivity index (χ0) is 19.6. The van der Waals surface area contributed by atoms with Gasteiger partial charge in [-0.1, -0.05) is 12.1 Å². The van der Waals surface area contributed by atoms with E-state index >= 15 is 0 Å². The van der Waals surface area contributed by atoms with Crippen LogP contribution in [0.25, 0.3) is 0 Å². The minimum absolute atomic E-state index is 0.622. The molecule has 0 aliphatic carbocycles. The molecule has 2 aromatic carbocycles. The van der Waals surface area contributed by atoms with Crippen LogP contribution >= 0.6 is 0 Å². The van der Waals surface area contributed by atoms with Gasteiger partial charge in [-0.25, -0.2) is 0 Å². The van der Waals surface area contributed by atoms with Gasteiger partial charge in [-0.15, -0.1) is 0 Å². The molecule has 1 aliphatic heterocycles. The van der Waals surface area contributed by atoms with Crippen LogP contribution in [-0.2, 0) is 0 Å². The van der Waals surface area contributed by atoms with Crippen LogP contribution in [0.3, 0.4) is 0 Å². The number of nitrogens with zero attached hydrogens (tertiary/aromatic N) is 2. The van der Waals surface area contributed by atoms with Gasteiger partial charge in [0.05, 0.1) is 19.3 Å². The molecule has 1 heterocycles. The summed E-state index contributed by atoms with van der Waals surface area (Å²) in [5.41, 5.74) is 1.89. The van der Waals surface area contributed by atoms with Gasteiger partial charge in [-0.3, -0.25) is 9.69 Å². The highest BCUT2D eigenvalue weighted by atomic mass is 16.5. The van der Waals surface area contributed by atoms with Crippen LogP contribution in [-0.4, -0.2) is 57.6 Å². The molecule has 1 saturated heterocycles. The minimum atomic E-state index is 0.622. The standard InChI is InChI=1S/C23H30N2O3/c1-27-22-11-9-21(10-12-22)25-16-14-24(15-17-25)13-5-2-6-18-28-23-8-4-3-7-20(23)19-26/h3-4,7-12,19H,2,5-6,13-18H2,1H3. The maximum absolute atomic E-state index is 11.0. The van der Waals surface area contributed by atoms with Crippen molar-refractivity contribution < 1.29 is 14.3 Å². The molecule has 0 radical (unpaired) electrons. The Balaban J connectivity index is 1.29. The van der Waals surface area contributed by atoms with Crippen LogP contribution in [0.2, 0.25) is 0 Å². The molecule has 5 heteroatoms. The van der Waals surface area contributed by atoms with Gasteiger partial charge >= 0.3 is 0 Å². The maximum Gasteiger partial charge on any atom is 0.153 e. The second-order valence-corrected chi connectivity index (χ2v) is 7.09. The smallest absolute Gasteiger partial charge is 0.153 e. The molecular formula is C23H30N2O3. The Kier molecular flexibility index (Phi) is 7.73. The van der Waals surface area contributed by atoms with Gasteiger partial charge in [-0.2, -0.15) is 0 Å². The summed E-state index contributed by atoms with van der Waals surface area (Å²) in [6.45, 7) is 6.15. The lowest BCUT2D eigenvalue weighted by molar-refractivity contribution is 0.111. The Morgan fingerprint density at radius 3 is 2.39 bits per heavy atom. The zero-order valence-corrected chi connectivity index (χ0v) is 16.7. The zero-order valence-electron chi connectivity index (χ0n) is 16.7. The fourth-order valence-corrected chi connectivity index (χ4v) is 3.53. The van der Waals surface area contributed by atoms with Crippen LogP contribution in [0.4, 0.5) is 5.69 Å². The van der Waals surface area contributed by atoms with Gasteiger partial charge < -0.3 is 14.4 Å². The van der Waals surface area contributed by atoms with E-state index in [1.165, 1.54) is 12.1 Å². The van der Waals surface area contributed by atoms with Crippen molar-refractivity contribution in [3.63, 3.8) is 0 Å². The molecule has 0 bridgehead atoms. The third-order valence-corrected chi connectivity index (χ3v) is 5.23. The van der Waals surface area contributed by atoms with Crippen molar-refractivity contribution in [3.05, 3.63) is 54.1 Å². The second-order valence-electron chi connectivity index (χ2n) is 7.09. The van der Waals surface area contributed by atoms with Crippen LogP contribution in [0, 0.1) is 0 Å². The SMILES string of the molecule is COc1ccc(N2CCN(CCCCCOc3ccccc3C=O)CC2)cc1. The molecule has 0 amide bonds. The van der Waals surface area contributed by atoms with Crippen molar-refractivity contribution in [1.29, 1.82) is 0 Å². The summed E-state index contributed by atoms with van der Waals surface area (Å²) in [4.78, 5) is 16.0. The third kappa shape index (κ3) is 5.73. The lowest BCUT2D eigenvalue weighted by Gasteiger charge is -2.36. The lowest BCUT2D eigenvalue weighted by Crippen LogP contribution is -2.46. The minimum Gasteiger partial charge on any atom is -0.497 e. The van der Waals surface area contributed by atoms with Crippen LogP contribution in [0.5, 0.6) is 11.5 Å². The first kappa shape index (κ1) is 20.2. The Hall–Kier alpha value is -2.53. The van der Waals surface area contributed by atoms with E-state index in [2.05, 4.69) is 21.9 Å². The number of hydrogen-bond donors (Lipinski definition) is 0. The van der Waals surface area contributed by atoms with E-state index in [0.717, 1.165) is 57.6 Å². The van der Waals surface area contributed by atoms with Crippen molar-refractivity contribution in [3.8, 4) is 11.5 Å². The molecule has 0 unspecified atom stereocenters.